The van der Waals surface area contributed by atoms with Crippen molar-refractivity contribution >= 4 is 11.9 Å². The topological polar surface area (TPSA) is 106 Å². The first-order valence-corrected chi connectivity index (χ1v) is 2.76. The van der Waals surface area contributed by atoms with E-state index in [2.05, 4.69) is 0 Å². The van der Waals surface area contributed by atoms with Crippen LogP contribution in [-0.2, 0) is 9.59 Å². The third-order valence-electron chi connectivity index (χ3n) is 0.978. The summed E-state index contributed by atoms with van der Waals surface area (Å²) in [6, 6.07) is -1.01. The van der Waals surface area contributed by atoms with Gasteiger partial charge in [0.25, 0.3) is 0 Å². The van der Waals surface area contributed by atoms with Gasteiger partial charge < -0.3 is 16.6 Å². The average molecular weight is 148 g/mol. The fraction of sp³-hybridized carbons (Fsp3) is 0.600. The Morgan fingerprint density at radius 2 is 2.30 bits per heavy atom. The predicted octanol–water partition coefficient (Wildman–Crippen LogP) is -1.34. The van der Waals surface area contributed by atoms with E-state index in [1.807, 2.05) is 0 Å². The molecule has 5 N–H and O–H groups in total. The molecule has 1 atom stereocenters. The van der Waals surface area contributed by atoms with Gasteiger partial charge in [-0.3, -0.25) is 9.59 Å². The number of carbonyl (C=O) groups is 2. The SMILES string of the molecule is [3H]N[C@@H](CCC(N)=O)C(=O)O. The van der Waals surface area contributed by atoms with Gasteiger partial charge in [-0.1, -0.05) is 0 Å². The smallest absolute Gasteiger partial charge is 0.320 e. The number of hydrogen-bond donors (Lipinski definition) is 3. The Kier molecular flexibility index (Phi) is 2.69. The maximum Gasteiger partial charge on any atom is 0.320 e. The summed E-state index contributed by atoms with van der Waals surface area (Å²) in [7, 11) is 0. The lowest BCUT2D eigenvalue weighted by Crippen LogP contribution is -2.31. The first-order valence-electron chi connectivity index (χ1n) is 3.26. The minimum atomic E-state index is -1.15. The molecule has 0 heterocycles. The van der Waals surface area contributed by atoms with Crippen LogP contribution in [0.25, 0.3) is 0 Å². The normalized spacial score (nSPS) is 13.8. The Morgan fingerprint density at radius 1 is 1.70 bits per heavy atom. The number of carbonyl (C=O) groups excluding carboxylic acids is 1. The van der Waals surface area contributed by atoms with Gasteiger partial charge in [-0.05, 0) is 6.42 Å². The maximum atomic E-state index is 10.2. The van der Waals surface area contributed by atoms with Gasteiger partial charge >= 0.3 is 5.97 Å². The van der Waals surface area contributed by atoms with Gasteiger partial charge in [0.2, 0.25) is 5.91 Å². The Labute approximate surface area is 59.5 Å². The van der Waals surface area contributed by atoms with Gasteiger partial charge in [-0.2, -0.15) is 0 Å². The van der Waals surface area contributed by atoms with Crippen molar-refractivity contribution in [1.82, 2.24) is 0 Å². The van der Waals surface area contributed by atoms with Crippen LogP contribution >= 0.6 is 0 Å². The van der Waals surface area contributed by atoms with E-state index < -0.39 is 17.9 Å². The van der Waals surface area contributed by atoms with Crippen LogP contribution in [0.1, 0.15) is 12.8 Å². The summed E-state index contributed by atoms with van der Waals surface area (Å²) in [6.45, 7) is 0. The molecule has 0 aromatic carbocycles. The van der Waals surface area contributed by atoms with Crippen molar-refractivity contribution < 1.29 is 16.1 Å². The number of rotatable bonds is 5. The highest BCUT2D eigenvalue weighted by Crippen LogP contribution is 1.92. The van der Waals surface area contributed by atoms with Crippen molar-refractivity contribution in [2.24, 2.45) is 11.5 Å². The van der Waals surface area contributed by atoms with Gasteiger partial charge in [0.15, 0.2) is 0 Å². The number of hydrogen-bond acceptors (Lipinski definition) is 3. The van der Waals surface area contributed by atoms with Crippen molar-refractivity contribution in [1.29, 1.82) is 0 Å². The number of carboxylic acid groups (broad SMARTS) is 1. The third-order valence-corrected chi connectivity index (χ3v) is 0.978. The molecule has 0 aliphatic rings. The molecular weight excluding hydrogens is 136 g/mol. The fourth-order valence-electron chi connectivity index (χ4n) is 0.410. The highest BCUT2D eigenvalue weighted by molar-refractivity contribution is 5.76. The van der Waals surface area contributed by atoms with Crippen molar-refractivity contribution in [3.05, 3.63) is 0 Å². The molecule has 0 spiro atoms. The lowest BCUT2D eigenvalue weighted by Gasteiger charge is -2.01. The van der Waals surface area contributed by atoms with Crippen molar-refractivity contribution in [3.63, 3.8) is 0 Å². The minimum Gasteiger partial charge on any atom is -0.480 e. The first kappa shape index (κ1) is 7.01. The lowest BCUT2D eigenvalue weighted by atomic mass is 10.2. The van der Waals surface area contributed by atoms with Gasteiger partial charge in [-0.25, -0.2) is 0 Å². The predicted molar refractivity (Wildman–Crippen MR) is 34.0 cm³/mol. The van der Waals surface area contributed by atoms with Crippen LogP contribution < -0.4 is 11.5 Å². The quantitative estimate of drug-likeness (QED) is 0.448. The molecule has 0 bridgehead atoms. The van der Waals surface area contributed by atoms with E-state index >= 15 is 0 Å². The third kappa shape index (κ3) is 3.85. The molecule has 58 valence electrons. The Hall–Kier alpha value is -1.10. The van der Waals surface area contributed by atoms with E-state index in [1.54, 1.807) is 5.73 Å². The Bertz CT molecular complexity index is 162. The summed E-state index contributed by atoms with van der Waals surface area (Å²) >= 11 is 0. The summed E-state index contributed by atoms with van der Waals surface area (Å²) in [5.74, 6) is -1.72. The first-order chi connectivity index (χ1) is 5.07. The molecule has 0 fully saturated rings. The van der Waals surface area contributed by atoms with E-state index in [1.165, 1.54) is 0 Å². The zero-order chi connectivity index (χ0) is 8.85. The highest BCUT2D eigenvalue weighted by Gasteiger charge is 2.11. The minimum absolute atomic E-state index is 0.0250. The Morgan fingerprint density at radius 3 is 2.60 bits per heavy atom. The molecule has 0 aliphatic carbocycles. The molecule has 1 amide bonds. The molecular formula is C5H10N2O3. The van der Waals surface area contributed by atoms with Crippen LogP contribution in [0.15, 0.2) is 0 Å². The maximum absolute atomic E-state index is 10.2. The van der Waals surface area contributed by atoms with E-state index in [0.29, 0.717) is 0 Å². The number of aliphatic carboxylic acids is 1. The zero-order valence-corrected chi connectivity index (χ0v) is 5.33. The highest BCUT2D eigenvalue weighted by atomic mass is 16.4. The summed E-state index contributed by atoms with van der Waals surface area (Å²) in [4.78, 5) is 20.4. The van der Waals surface area contributed by atoms with Crippen LogP contribution in [0.4, 0.5) is 0 Å². The fourth-order valence-corrected chi connectivity index (χ4v) is 0.410. The standard InChI is InChI=1S/C5H10N2O3/c6-3(5(9)10)1-2-4(7)8/h3H,1-2,6H2,(H2,7,8)(H,9,10)/t3-/m0/s1/i/hT. The molecule has 0 saturated heterocycles. The molecule has 5 nitrogen and oxygen atoms in total. The van der Waals surface area contributed by atoms with E-state index in [-0.39, 0.29) is 12.8 Å². The second kappa shape index (κ2) is 3.84. The van der Waals surface area contributed by atoms with Crippen molar-refractivity contribution in [2.45, 2.75) is 18.9 Å². The number of amides is 1. The van der Waals surface area contributed by atoms with E-state index in [0.717, 1.165) is 0 Å². The monoisotopic (exact) mass is 148 g/mol. The molecule has 5 heteroatoms. The molecule has 10 heavy (non-hydrogen) atoms. The average Bonchev–Trinajstić information content (AvgIpc) is 1.87. The van der Waals surface area contributed by atoms with Gasteiger partial charge in [-0.15, -0.1) is 0 Å². The van der Waals surface area contributed by atoms with Gasteiger partial charge in [0.1, 0.15) is 7.45 Å². The Balaban J connectivity index is 3.70. The van der Waals surface area contributed by atoms with E-state index in [4.69, 9.17) is 12.3 Å². The molecule has 0 rings (SSSR count). The largest absolute Gasteiger partial charge is 0.480 e. The van der Waals surface area contributed by atoms with Gasteiger partial charge in [0.05, 0.1) is 0 Å². The summed E-state index contributed by atoms with van der Waals surface area (Å²) in [5.41, 5.74) is 6.57. The number of primary amides is 1. The van der Waals surface area contributed by atoms with Crippen molar-refractivity contribution in [2.75, 3.05) is 0 Å². The molecule has 0 aliphatic heterocycles. The lowest BCUT2D eigenvalue weighted by molar-refractivity contribution is -0.138. The molecule has 0 aromatic rings. The van der Waals surface area contributed by atoms with Crippen molar-refractivity contribution in [3.8, 4) is 0 Å². The summed E-state index contributed by atoms with van der Waals surface area (Å²) in [5, 5.41) is 8.35. The van der Waals surface area contributed by atoms with Crippen LogP contribution in [0.2, 0.25) is 1.41 Å². The van der Waals surface area contributed by atoms with Crippen LogP contribution in [0.3, 0.4) is 0 Å². The molecule has 0 radical (unpaired) electrons. The van der Waals surface area contributed by atoms with Gasteiger partial charge in [0, 0.05) is 6.42 Å². The molecule has 0 aromatic heterocycles. The van der Waals surface area contributed by atoms with E-state index in [9.17, 15) is 9.59 Å². The molecule has 0 saturated carbocycles. The van der Waals surface area contributed by atoms with Crippen LogP contribution in [0.5, 0.6) is 0 Å². The molecule has 0 unspecified atom stereocenters. The second-order valence-corrected chi connectivity index (χ2v) is 1.90. The number of carboxylic acids is 1. The summed E-state index contributed by atoms with van der Waals surface area (Å²) < 4.78 is 6.55. The van der Waals surface area contributed by atoms with Crippen LogP contribution in [0, 0.1) is 0 Å². The number of nitrogens with two attached hydrogens (primary N) is 2. The summed E-state index contributed by atoms with van der Waals surface area (Å²) in [6.07, 6.45) is 0.0248. The zero-order valence-electron chi connectivity index (χ0n) is 6.33. The second-order valence-electron chi connectivity index (χ2n) is 1.90. The van der Waals surface area contributed by atoms with Crippen LogP contribution in [-0.4, -0.2) is 23.0 Å².